The lowest BCUT2D eigenvalue weighted by atomic mass is 10.0. The molecule has 0 radical (unpaired) electrons. The second kappa shape index (κ2) is 6.75. The minimum absolute atomic E-state index is 0.0603. The number of rotatable bonds is 5. The summed E-state index contributed by atoms with van der Waals surface area (Å²) in [5.41, 5.74) is 0.413. The molecule has 0 fully saturated rings. The predicted molar refractivity (Wildman–Crippen MR) is 82.6 cm³/mol. The average molecular weight is 344 g/mol. The maximum atomic E-state index is 12.9. The van der Waals surface area contributed by atoms with Gasteiger partial charge in [0.25, 0.3) is 0 Å². The molecular formula is C15H15ClFNO3S. The first-order valence-corrected chi connectivity index (χ1v) is 8.38. The third-order valence-corrected chi connectivity index (χ3v) is 5.21. The van der Waals surface area contributed by atoms with Gasteiger partial charge in [0.2, 0.25) is 10.0 Å². The van der Waals surface area contributed by atoms with Gasteiger partial charge in [0, 0.05) is 6.04 Å². The van der Waals surface area contributed by atoms with Gasteiger partial charge in [-0.2, -0.15) is 0 Å². The summed E-state index contributed by atoms with van der Waals surface area (Å²) in [6.07, 6.45) is -1.11. The molecular weight excluding hydrogens is 329 g/mol. The molecule has 0 aliphatic carbocycles. The Morgan fingerprint density at radius 3 is 2.32 bits per heavy atom. The van der Waals surface area contributed by atoms with Crippen LogP contribution in [0.15, 0.2) is 53.4 Å². The molecule has 4 nitrogen and oxygen atoms in total. The Labute approximate surface area is 133 Å². The summed E-state index contributed by atoms with van der Waals surface area (Å²) in [4.78, 5) is -0.0603. The second-order valence-electron chi connectivity index (χ2n) is 4.84. The van der Waals surface area contributed by atoms with Crippen LogP contribution in [0.1, 0.15) is 18.6 Å². The third-order valence-electron chi connectivity index (χ3n) is 3.15. The molecule has 0 amide bonds. The largest absolute Gasteiger partial charge is 0.387 e. The minimum atomic E-state index is -3.87. The van der Waals surface area contributed by atoms with E-state index in [0.717, 1.165) is 0 Å². The van der Waals surface area contributed by atoms with Crippen molar-refractivity contribution >= 4 is 21.6 Å². The van der Waals surface area contributed by atoms with Crippen molar-refractivity contribution in [2.24, 2.45) is 0 Å². The van der Waals surface area contributed by atoms with Crippen molar-refractivity contribution < 1.29 is 17.9 Å². The van der Waals surface area contributed by atoms with Crippen LogP contribution in [0.2, 0.25) is 5.02 Å². The van der Waals surface area contributed by atoms with Gasteiger partial charge in [0.15, 0.2) is 0 Å². The van der Waals surface area contributed by atoms with E-state index < -0.39 is 28.0 Å². The van der Waals surface area contributed by atoms with Gasteiger partial charge in [-0.3, -0.25) is 0 Å². The maximum Gasteiger partial charge on any atom is 0.242 e. The molecule has 118 valence electrons. The van der Waals surface area contributed by atoms with E-state index in [-0.39, 0.29) is 9.92 Å². The van der Waals surface area contributed by atoms with Crippen molar-refractivity contribution in [1.29, 1.82) is 0 Å². The fourth-order valence-corrected chi connectivity index (χ4v) is 3.75. The Kier molecular flexibility index (Phi) is 5.18. The van der Waals surface area contributed by atoms with E-state index in [4.69, 9.17) is 11.6 Å². The van der Waals surface area contributed by atoms with Crippen LogP contribution < -0.4 is 4.72 Å². The third kappa shape index (κ3) is 3.84. The molecule has 2 aromatic rings. The number of aliphatic hydroxyl groups is 1. The van der Waals surface area contributed by atoms with Crippen LogP contribution in [0, 0.1) is 5.82 Å². The summed E-state index contributed by atoms with van der Waals surface area (Å²) in [5, 5.41) is 10.3. The fraction of sp³-hybridized carbons (Fsp3) is 0.200. The molecule has 0 heterocycles. The summed E-state index contributed by atoms with van der Waals surface area (Å²) in [7, 11) is -3.87. The molecule has 0 aliphatic rings. The SMILES string of the molecule is CC(NS(=O)(=O)c1ccccc1Cl)C(O)c1ccc(F)cc1. The van der Waals surface area contributed by atoms with Crippen LogP contribution in [-0.4, -0.2) is 19.6 Å². The Morgan fingerprint density at radius 2 is 1.73 bits per heavy atom. The molecule has 0 bridgehead atoms. The molecule has 0 aromatic heterocycles. The number of hydrogen-bond acceptors (Lipinski definition) is 3. The lowest BCUT2D eigenvalue weighted by Gasteiger charge is -2.21. The van der Waals surface area contributed by atoms with Gasteiger partial charge in [-0.05, 0) is 36.8 Å². The van der Waals surface area contributed by atoms with E-state index in [9.17, 15) is 17.9 Å². The zero-order valence-electron chi connectivity index (χ0n) is 11.7. The van der Waals surface area contributed by atoms with Crippen molar-refractivity contribution in [3.05, 3.63) is 64.9 Å². The smallest absolute Gasteiger partial charge is 0.242 e. The highest BCUT2D eigenvalue weighted by atomic mass is 35.5. The predicted octanol–water partition coefficient (Wildman–Crippen LogP) is 2.88. The highest BCUT2D eigenvalue weighted by Gasteiger charge is 2.24. The van der Waals surface area contributed by atoms with E-state index in [2.05, 4.69) is 4.72 Å². The zero-order chi connectivity index (χ0) is 16.3. The number of sulfonamides is 1. The van der Waals surface area contributed by atoms with Gasteiger partial charge in [-0.1, -0.05) is 35.9 Å². The molecule has 2 atom stereocenters. The van der Waals surface area contributed by atoms with Crippen LogP contribution in [0.25, 0.3) is 0 Å². The molecule has 7 heteroatoms. The van der Waals surface area contributed by atoms with Crippen molar-refractivity contribution in [2.75, 3.05) is 0 Å². The molecule has 2 unspecified atom stereocenters. The highest BCUT2D eigenvalue weighted by Crippen LogP contribution is 2.23. The molecule has 22 heavy (non-hydrogen) atoms. The standard InChI is InChI=1S/C15H15ClFNO3S/c1-10(15(19)11-6-8-12(17)9-7-11)18-22(20,21)14-5-3-2-4-13(14)16/h2-10,15,18-19H,1H3. The van der Waals surface area contributed by atoms with Crippen LogP contribution in [0.3, 0.4) is 0 Å². The molecule has 0 saturated heterocycles. The Hall–Kier alpha value is -1.47. The maximum absolute atomic E-state index is 12.9. The van der Waals surface area contributed by atoms with E-state index in [1.807, 2.05) is 0 Å². The van der Waals surface area contributed by atoms with Crippen LogP contribution >= 0.6 is 11.6 Å². The molecule has 0 spiro atoms. The van der Waals surface area contributed by atoms with Crippen LogP contribution in [0.4, 0.5) is 4.39 Å². The average Bonchev–Trinajstić information content (AvgIpc) is 2.47. The zero-order valence-corrected chi connectivity index (χ0v) is 13.3. The number of halogens is 2. The summed E-state index contributed by atoms with van der Waals surface area (Å²) in [5.74, 6) is -0.430. The van der Waals surface area contributed by atoms with Gasteiger partial charge >= 0.3 is 0 Å². The molecule has 0 aliphatic heterocycles. The van der Waals surface area contributed by atoms with Crippen molar-refractivity contribution in [2.45, 2.75) is 24.0 Å². The summed E-state index contributed by atoms with van der Waals surface area (Å²) in [6, 6.07) is 10.4. The molecule has 2 rings (SSSR count). The summed E-state index contributed by atoms with van der Waals surface area (Å²) < 4.78 is 39.8. The van der Waals surface area contributed by atoms with Crippen LogP contribution in [-0.2, 0) is 10.0 Å². The first-order valence-electron chi connectivity index (χ1n) is 6.51. The lowest BCUT2D eigenvalue weighted by Crippen LogP contribution is -2.37. The van der Waals surface area contributed by atoms with Crippen molar-refractivity contribution in [3.63, 3.8) is 0 Å². The van der Waals surface area contributed by atoms with Crippen molar-refractivity contribution in [1.82, 2.24) is 4.72 Å². The lowest BCUT2D eigenvalue weighted by molar-refractivity contribution is 0.146. The quantitative estimate of drug-likeness (QED) is 0.877. The van der Waals surface area contributed by atoms with Gasteiger partial charge in [-0.25, -0.2) is 17.5 Å². The topological polar surface area (TPSA) is 66.4 Å². The van der Waals surface area contributed by atoms with Gasteiger partial charge in [0.05, 0.1) is 11.1 Å². The van der Waals surface area contributed by atoms with Gasteiger partial charge < -0.3 is 5.11 Å². The Morgan fingerprint density at radius 1 is 1.14 bits per heavy atom. The minimum Gasteiger partial charge on any atom is -0.387 e. The van der Waals surface area contributed by atoms with Gasteiger partial charge in [0.1, 0.15) is 10.7 Å². The Balaban J connectivity index is 2.19. The normalized spacial score (nSPS) is 14.5. The number of aliphatic hydroxyl groups excluding tert-OH is 1. The summed E-state index contributed by atoms with van der Waals surface area (Å²) >= 11 is 5.88. The van der Waals surface area contributed by atoms with E-state index >= 15 is 0 Å². The number of benzene rings is 2. The van der Waals surface area contributed by atoms with Gasteiger partial charge in [-0.15, -0.1) is 0 Å². The highest BCUT2D eigenvalue weighted by molar-refractivity contribution is 7.89. The van der Waals surface area contributed by atoms with Crippen molar-refractivity contribution in [3.8, 4) is 0 Å². The second-order valence-corrected chi connectivity index (χ2v) is 6.93. The Bertz CT molecular complexity index is 750. The molecule has 2 aromatic carbocycles. The number of hydrogen-bond donors (Lipinski definition) is 2. The van der Waals surface area contributed by atoms with E-state index in [1.165, 1.54) is 43.3 Å². The van der Waals surface area contributed by atoms with E-state index in [1.54, 1.807) is 12.1 Å². The summed E-state index contributed by atoms with van der Waals surface area (Å²) in [6.45, 7) is 1.52. The van der Waals surface area contributed by atoms with Crippen LogP contribution in [0.5, 0.6) is 0 Å². The number of nitrogens with one attached hydrogen (secondary N) is 1. The fourth-order valence-electron chi connectivity index (χ4n) is 1.98. The first kappa shape index (κ1) is 16.9. The van der Waals surface area contributed by atoms with E-state index in [0.29, 0.717) is 5.56 Å². The first-order chi connectivity index (χ1) is 10.3. The monoisotopic (exact) mass is 343 g/mol. The molecule has 0 saturated carbocycles. The molecule has 2 N–H and O–H groups in total.